The predicted molar refractivity (Wildman–Crippen MR) is 44.4 cm³/mol. The molecule has 0 N–H and O–H groups in total. The van der Waals surface area contributed by atoms with Gasteiger partial charge in [-0.1, -0.05) is 5.92 Å². The highest BCUT2D eigenvalue weighted by atomic mass is 127. The zero-order valence-corrected chi connectivity index (χ0v) is 7.53. The number of hydrogen-bond acceptors (Lipinski definition) is 3. The highest BCUT2D eigenvalue weighted by Gasteiger charge is 1.94. The fourth-order valence-electron chi connectivity index (χ4n) is 0.500. The second-order valence-electron chi connectivity index (χ2n) is 1.66. The van der Waals surface area contributed by atoms with Crippen molar-refractivity contribution in [3.63, 3.8) is 0 Å². The van der Waals surface area contributed by atoms with Crippen LogP contribution in [0.2, 0.25) is 0 Å². The molecule has 0 bridgehead atoms. The molecule has 4 nitrogen and oxygen atoms in total. The molecule has 0 spiro atoms. The lowest BCUT2D eigenvalue weighted by atomic mass is 10.6. The van der Waals surface area contributed by atoms with Gasteiger partial charge in [-0.3, -0.25) is 0 Å². The molecule has 1 aromatic rings. The van der Waals surface area contributed by atoms with Crippen molar-refractivity contribution in [2.24, 2.45) is 0 Å². The van der Waals surface area contributed by atoms with Crippen LogP contribution in [-0.2, 0) is 6.54 Å². The van der Waals surface area contributed by atoms with Gasteiger partial charge in [0.05, 0.1) is 0 Å². The van der Waals surface area contributed by atoms with Gasteiger partial charge >= 0.3 is 0 Å². The minimum atomic E-state index is 0.571. The van der Waals surface area contributed by atoms with Gasteiger partial charge in [0.15, 0.2) is 0 Å². The van der Waals surface area contributed by atoms with Gasteiger partial charge in [-0.25, -0.2) is 4.68 Å². The summed E-state index contributed by atoms with van der Waals surface area (Å²) in [4.78, 5) is 0. The van der Waals surface area contributed by atoms with E-state index in [4.69, 9.17) is 0 Å². The second kappa shape index (κ2) is 3.51. The van der Waals surface area contributed by atoms with E-state index in [9.17, 15) is 0 Å². The van der Waals surface area contributed by atoms with E-state index in [0.29, 0.717) is 6.54 Å². The summed E-state index contributed by atoms with van der Waals surface area (Å²) in [6, 6.07) is 0. The molecule has 0 radical (unpaired) electrons. The van der Waals surface area contributed by atoms with Crippen LogP contribution in [0.3, 0.4) is 0 Å². The molecular weight excluding hydrogens is 243 g/mol. The molecule has 0 aliphatic carbocycles. The Morgan fingerprint density at radius 1 is 1.70 bits per heavy atom. The molecule has 0 saturated heterocycles. The zero-order valence-electron chi connectivity index (χ0n) is 5.37. The quantitative estimate of drug-likeness (QED) is 0.533. The van der Waals surface area contributed by atoms with E-state index in [1.165, 1.54) is 0 Å². The molecule has 1 rings (SSSR count). The third kappa shape index (κ3) is 1.67. The molecule has 0 saturated carbocycles. The number of rotatable bonds is 1. The zero-order chi connectivity index (χ0) is 7.40. The lowest BCUT2D eigenvalue weighted by molar-refractivity contribution is 0.655. The maximum Gasteiger partial charge on any atom is 0.149 e. The predicted octanol–water partition coefficient (Wildman–Crippen LogP) is 0.377. The third-order valence-corrected chi connectivity index (χ3v) is 1.39. The van der Waals surface area contributed by atoms with Crippen LogP contribution >= 0.6 is 22.6 Å². The van der Waals surface area contributed by atoms with Crippen molar-refractivity contribution in [1.82, 2.24) is 20.2 Å². The smallest absolute Gasteiger partial charge is 0.149 e. The largest absolute Gasteiger partial charge is 0.218 e. The first-order chi connectivity index (χ1) is 4.84. The van der Waals surface area contributed by atoms with Gasteiger partial charge in [0.1, 0.15) is 12.4 Å². The summed E-state index contributed by atoms with van der Waals surface area (Å²) in [6.45, 7) is 2.41. The van der Waals surface area contributed by atoms with Crippen LogP contribution in [0, 0.1) is 16.8 Å². The standard InChI is InChI=1S/C5H5IN4/c1-5-7-8-9-10(5)4-2-3-6/h4H2,1H3. The molecule has 0 aliphatic rings. The number of aryl methyl sites for hydroxylation is 1. The van der Waals surface area contributed by atoms with Gasteiger partial charge in [-0.05, 0) is 21.3 Å². The number of aromatic nitrogens is 4. The van der Waals surface area contributed by atoms with E-state index < -0.39 is 0 Å². The van der Waals surface area contributed by atoms with Gasteiger partial charge in [0, 0.05) is 22.6 Å². The average molecular weight is 248 g/mol. The summed E-state index contributed by atoms with van der Waals surface area (Å²) in [5, 5.41) is 10.9. The molecule has 10 heavy (non-hydrogen) atoms. The summed E-state index contributed by atoms with van der Waals surface area (Å²) in [6.07, 6.45) is 0. The normalized spacial score (nSPS) is 8.60. The summed E-state index contributed by atoms with van der Waals surface area (Å²) < 4.78 is 4.38. The van der Waals surface area contributed by atoms with E-state index in [2.05, 4.69) is 25.4 Å². The first-order valence-electron chi connectivity index (χ1n) is 2.66. The average Bonchev–Trinajstić information content (AvgIpc) is 2.31. The van der Waals surface area contributed by atoms with Crippen LogP contribution in [0.25, 0.3) is 0 Å². The highest BCUT2D eigenvalue weighted by molar-refractivity contribution is 14.1. The fourth-order valence-corrected chi connectivity index (χ4v) is 0.671. The van der Waals surface area contributed by atoms with E-state index >= 15 is 0 Å². The molecule has 1 aromatic heterocycles. The van der Waals surface area contributed by atoms with Crippen molar-refractivity contribution < 1.29 is 0 Å². The lowest BCUT2D eigenvalue weighted by Gasteiger charge is -1.90. The Kier molecular flexibility index (Phi) is 2.62. The Balaban J connectivity index is 2.71. The molecule has 0 atom stereocenters. The van der Waals surface area contributed by atoms with Crippen LogP contribution in [0.4, 0.5) is 0 Å². The third-order valence-electron chi connectivity index (χ3n) is 1.01. The number of nitrogens with zero attached hydrogens (tertiary/aromatic N) is 4. The Morgan fingerprint density at radius 2 is 2.50 bits per heavy atom. The second-order valence-corrected chi connectivity index (χ2v) is 2.19. The van der Waals surface area contributed by atoms with Crippen molar-refractivity contribution in [2.75, 3.05) is 0 Å². The Hall–Kier alpha value is -0.640. The molecule has 0 fully saturated rings. The molecule has 0 unspecified atom stereocenters. The lowest BCUT2D eigenvalue weighted by Crippen LogP contribution is -2.00. The maximum atomic E-state index is 3.70. The molecule has 1 heterocycles. The van der Waals surface area contributed by atoms with Crippen molar-refractivity contribution in [1.29, 1.82) is 0 Å². The van der Waals surface area contributed by atoms with E-state index in [-0.39, 0.29) is 0 Å². The number of halogens is 1. The minimum Gasteiger partial charge on any atom is -0.218 e. The first-order valence-corrected chi connectivity index (χ1v) is 3.73. The number of hydrogen-bond donors (Lipinski definition) is 0. The maximum absolute atomic E-state index is 3.70. The monoisotopic (exact) mass is 248 g/mol. The minimum absolute atomic E-state index is 0.571. The molecule has 52 valence electrons. The SMILES string of the molecule is Cc1nnnn1CC#CI. The van der Waals surface area contributed by atoms with Gasteiger partial charge in [0.2, 0.25) is 0 Å². The summed E-state index contributed by atoms with van der Waals surface area (Å²) in [5.74, 6) is 3.64. The Bertz CT molecular complexity index is 269. The van der Waals surface area contributed by atoms with Crippen molar-refractivity contribution in [3.8, 4) is 9.85 Å². The Morgan fingerprint density at radius 3 is 3.00 bits per heavy atom. The summed E-state index contributed by atoms with van der Waals surface area (Å²) in [7, 11) is 0. The first kappa shape index (κ1) is 7.47. The van der Waals surface area contributed by atoms with Crippen LogP contribution in [-0.4, -0.2) is 20.2 Å². The van der Waals surface area contributed by atoms with Crippen LogP contribution in [0.15, 0.2) is 0 Å². The highest BCUT2D eigenvalue weighted by Crippen LogP contribution is 1.86. The van der Waals surface area contributed by atoms with E-state index in [1.807, 2.05) is 29.5 Å². The summed E-state index contributed by atoms with van der Waals surface area (Å²) in [5.41, 5.74) is 0. The van der Waals surface area contributed by atoms with Crippen LogP contribution in [0.5, 0.6) is 0 Å². The van der Waals surface area contributed by atoms with Crippen LogP contribution in [0.1, 0.15) is 5.82 Å². The topological polar surface area (TPSA) is 43.6 Å². The van der Waals surface area contributed by atoms with Gasteiger partial charge in [0.25, 0.3) is 0 Å². The Labute approximate surface area is 72.1 Å². The van der Waals surface area contributed by atoms with Gasteiger partial charge < -0.3 is 0 Å². The fraction of sp³-hybridized carbons (Fsp3) is 0.400. The van der Waals surface area contributed by atoms with Crippen molar-refractivity contribution in [2.45, 2.75) is 13.5 Å². The molecule has 0 amide bonds. The molecular formula is C5H5IN4. The van der Waals surface area contributed by atoms with Gasteiger partial charge in [-0.2, -0.15) is 0 Å². The number of tetrazole rings is 1. The molecule has 0 aromatic carbocycles. The molecule has 0 aliphatic heterocycles. The van der Waals surface area contributed by atoms with Crippen LogP contribution < -0.4 is 0 Å². The summed E-state index contributed by atoms with van der Waals surface area (Å²) >= 11 is 1.98. The van der Waals surface area contributed by atoms with E-state index in [0.717, 1.165) is 5.82 Å². The molecule has 5 heteroatoms. The van der Waals surface area contributed by atoms with Crippen molar-refractivity contribution >= 4 is 22.6 Å². The van der Waals surface area contributed by atoms with Gasteiger partial charge in [-0.15, -0.1) is 5.10 Å². The van der Waals surface area contributed by atoms with Crippen molar-refractivity contribution in [3.05, 3.63) is 5.82 Å². The van der Waals surface area contributed by atoms with E-state index in [1.54, 1.807) is 4.68 Å².